The quantitative estimate of drug-likeness (QED) is 0.451. The monoisotopic (exact) mass is 222 g/mol. The van der Waals surface area contributed by atoms with Crippen molar-refractivity contribution in [2.45, 2.75) is 38.1 Å². The van der Waals surface area contributed by atoms with E-state index >= 15 is 0 Å². The zero-order valence-electron chi connectivity index (χ0n) is 9.24. The molecule has 1 saturated carbocycles. The van der Waals surface area contributed by atoms with Crippen LogP contribution < -0.4 is 22.3 Å². The summed E-state index contributed by atoms with van der Waals surface area (Å²) in [5.41, 5.74) is 8.82. The predicted molar refractivity (Wildman–Crippen MR) is 64.8 cm³/mol. The third kappa shape index (κ3) is 2.33. The van der Waals surface area contributed by atoms with Crippen molar-refractivity contribution in [2.24, 2.45) is 5.84 Å². The van der Waals surface area contributed by atoms with Crippen molar-refractivity contribution < 1.29 is 0 Å². The molecule has 1 aromatic heterocycles. The van der Waals surface area contributed by atoms with Gasteiger partial charge in [0.25, 0.3) is 0 Å². The number of nitrogens with one attached hydrogen (secondary N) is 2. The Morgan fingerprint density at radius 2 is 1.81 bits per heavy atom. The second-order valence-electron chi connectivity index (χ2n) is 4.11. The van der Waals surface area contributed by atoms with Gasteiger partial charge in [-0.05, 0) is 12.8 Å². The number of hydrogen-bond donors (Lipinski definition) is 4. The SMILES string of the molecule is NNc1ncnc(NC2CCCCC2)c1N. The van der Waals surface area contributed by atoms with Crippen molar-refractivity contribution in [1.29, 1.82) is 0 Å². The molecule has 1 heterocycles. The molecule has 6 N–H and O–H groups in total. The van der Waals surface area contributed by atoms with E-state index in [1.54, 1.807) is 0 Å². The standard InChI is InChI=1S/C10H18N6/c11-8-9(13-6-14-10(8)16-12)15-7-4-2-1-3-5-7/h6-7H,1-5,11-12H2,(H2,13,14,15,16). The lowest BCUT2D eigenvalue weighted by Crippen LogP contribution is -2.24. The number of anilines is 3. The van der Waals surface area contributed by atoms with Gasteiger partial charge in [0.1, 0.15) is 12.0 Å². The highest BCUT2D eigenvalue weighted by atomic mass is 15.3. The van der Waals surface area contributed by atoms with Crippen LogP contribution in [-0.2, 0) is 0 Å². The van der Waals surface area contributed by atoms with Crippen molar-refractivity contribution in [3.63, 3.8) is 0 Å². The molecule has 0 aromatic carbocycles. The van der Waals surface area contributed by atoms with Gasteiger partial charge in [0, 0.05) is 6.04 Å². The summed E-state index contributed by atoms with van der Waals surface area (Å²) in [6.07, 6.45) is 7.67. The Kier molecular flexibility index (Phi) is 3.40. The van der Waals surface area contributed by atoms with Gasteiger partial charge in [0.2, 0.25) is 0 Å². The Bertz CT molecular complexity index is 347. The summed E-state index contributed by atoms with van der Waals surface area (Å²) in [6.45, 7) is 0. The van der Waals surface area contributed by atoms with Crippen LogP contribution in [0.4, 0.5) is 17.3 Å². The fourth-order valence-electron chi connectivity index (χ4n) is 2.07. The molecule has 88 valence electrons. The highest BCUT2D eigenvalue weighted by Gasteiger charge is 2.15. The topological polar surface area (TPSA) is 102 Å². The molecule has 0 radical (unpaired) electrons. The molecule has 1 aliphatic rings. The average Bonchev–Trinajstić information content (AvgIpc) is 2.33. The zero-order chi connectivity index (χ0) is 11.4. The molecule has 16 heavy (non-hydrogen) atoms. The van der Waals surface area contributed by atoms with E-state index in [-0.39, 0.29) is 0 Å². The summed E-state index contributed by atoms with van der Waals surface area (Å²) in [5, 5.41) is 3.35. The third-order valence-electron chi connectivity index (χ3n) is 2.97. The molecule has 6 heteroatoms. The average molecular weight is 222 g/mol. The lowest BCUT2D eigenvalue weighted by Gasteiger charge is -2.24. The molecule has 0 amide bonds. The number of nitrogens with zero attached hydrogens (tertiary/aromatic N) is 2. The van der Waals surface area contributed by atoms with Crippen molar-refractivity contribution in [3.05, 3.63) is 6.33 Å². The number of nitrogens with two attached hydrogens (primary N) is 2. The number of hydrogen-bond acceptors (Lipinski definition) is 6. The number of rotatable bonds is 3. The molecule has 2 rings (SSSR count). The first-order valence-electron chi connectivity index (χ1n) is 5.65. The lowest BCUT2D eigenvalue weighted by atomic mass is 9.95. The van der Waals surface area contributed by atoms with Gasteiger partial charge in [-0.2, -0.15) is 0 Å². The Morgan fingerprint density at radius 3 is 2.50 bits per heavy atom. The minimum Gasteiger partial charge on any atom is -0.393 e. The first-order valence-corrected chi connectivity index (χ1v) is 5.65. The van der Waals surface area contributed by atoms with Gasteiger partial charge < -0.3 is 16.5 Å². The molecule has 1 fully saturated rings. The van der Waals surface area contributed by atoms with Crippen LogP contribution in [0.1, 0.15) is 32.1 Å². The second-order valence-corrected chi connectivity index (χ2v) is 4.11. The van der Waals surface area contributed by atoms with Crippen molar-refractivity contribution in [3.8, 4) is 0 Å². The van der Waals surface area contributed by atoms with Crippen LogP contribution in [0.3, 0.4) is 0 Å². The summed E-state index contributed by atoms with van der Waals surface area (Å²) < 4.78 is 0. The minimum absolute atomic E-state index is 0.466. The molecule has 0 saturated heterocycles. The second kappa shape index (κ2) is 4.98. The Balaban J connectivity index is 2.08. The highest BCUT2D eigenvalue weighted by Crippen LogP contribution is 2.26. The summed E-state index contributed by atoms with van der Waals surface area (Å²) >= 11 is 0. The first kappa shape index (κ1) is 10.9. The zero-order valence-corrected chi connectivity index (χ0v) is 9.24. The smallest absolute Gasteiger partial charge is 0.168 e. The molecule has 1 aliphatic carbocycles. The summed E-state index contributed by atoms with van der Waals surface area (Å²) in [5.74, 6) is 6.45. The van der Waals surface area contributed by atoms with Crippen molar-refractivity contribution in [2.75, 3.05) is 16.5 Å². The van der Waals surface area contributed by atoms with Crippen molar-refractivity contribution in [1.82, 2.24) is 9.97 Å². The fraction of sp³-hybridized carbons (Fsp3) is 0.600. The van der Waals surface area contributed by atoms with E-state index < -0.39 is 0 Å². The van der Waals surface area contributed by atoms with Crippen LogP contribution >= 0.6 is 0 Å². The molecule has 0 bridgehead atoms. The predicted octanol–water partition coefficient (Wildman–Crippen LogP) is 1.09. The molecule has 6 nitrogen and oxygen atoms in total. The molecular formula is C10H18N6. The van der Waals surface area contributed by atoms with E-state index in [1.807, 2.05) is 0 Å². The summed E-state index contributed by atoms with van der Waals surface area (Å²) in [4.78, 5) is 8.08. The van der Waals surface area contributed by atoms with Gasteiger partial charge in [-0.25, -0.2) is 15.8 Å². The van der Waals surface area contributed by atoms with E-state index in [0.717, 1.165) is 0 Å². The van der Waals surface area contributed by atoms with Gasteiger partial charge in [-0.3, -0.25) is 0 Å². The molecule has 1 aromatic rings. The van der Waals surface area contributed by atoms with Gasteiger partial charge in [0.05, 0.1) is 0 Å². The van der Waals surface area contributed by atoms with E-state index in [4.69, 9.17) is 11.6 Å². The maximum Gasteiger partial charge on any atom is 0.168 e. The van der Waals surface area contributed by atoms with E-state index in [9.17, 15) is 0 Å². The number of nitrogen functional groups attached to an aromatic ring is 2. The van der Waals surface area contributed by atoms with Crippen LogP contribution in [0.25, 0.3) is 0 Å². The minimum atomic E-state index is 0.466. The molecule has 0 unspecified atom stereocenters. The normalized spacial score (nSPS) is 17.1. The highest BCUT2D eigenvalue weighted by molar-refractivity contribution is 5.73. The third-order valence-corrected chi connectivity index (χ3v) is 2.97. The maximum atomic E-state index is 5.88. The van der Waals surface area contributed by atoms with Gasteiger partial charge >= 0.3 is 0 Å². The van der Waals surface area contributed by atoms with Crippen molar-refractivity contribution >= 4 is 17.3 Å². The Morgan fingerprint density at radius 1 is 1.12 bits per heavy atom. The molecule has 0 aliphatic heterocycles. The van der Waals surface area contributed by atoms with E-state index in [2.05, 4.69) is 20.7 Å². The maximum absolute atomic E-state index is 5.88. The number of aromatic nitrogens is 2. The van der Waals surface area contributed by atoms with Crippen LogP contribution in [0.5, 0.6) is 0 Å². The van der Waals surface area contributed by atoms with Crippen LogP contribution in [-0.4, -0.2) is 16.0 Å². The van der Waals surface area contributed by atoms with E-state index in [0.29, 0.717) is 23.4 Å². The Labute approximate surface area is 94.8 Å². The first-order chi connectivity index (χ1) is 7.81. The molecule has 0 atom stereocenters. The lowest BCUT2D eigenvalue weighted by molar-refractivity contribution is 0.462. The fourth-order valence-corrected chi connectivity index (χ4v) is 2.07. The van der Waals surface area contributed by atoms with Crippen LogP contribution in [0.2, 0.25) is 0 Å². The largest absolute Gasteiger partial charge is 0.393 e. The van der Waals surface area contributed by atoms with Crippen LogP contribution in [0.15, 0.2) is 6.33 Å². The summed E-state index contributed by atoms with van der Waals surface area (Å²) in [6, 6.07) is 0.469. The van der Waals surface area contributed by atoms with E-state index in [1.165, 1.54) is 38.4 Å². The number of hydrazine groups is 1. The van der Waals surface area contributed by atoms with Gasteiger partial charge in [0.15, 0.2) is 11.6 Å². The summed E-state index contributed by atoms with van der Waals surface area (Å²) in [7, 11) is 0. The Hall–Kier alpha value is -1.56. The molecule has 0 spiro atoms. The molecular weight excluding hydrogens is 204 g/mol. The van der Waals surface area contributed by atoms with Gasteiger partial charge in [-0.1, -0.05) is 19.3 Å². The van der Waals surface area contributed by atoms with Gasteiger partial charge in [-0.15, -0.1) is 0 Å². The van der Waals surface area contributed by atoms with Crippen LogP contribution in [0, 0.1) is 0 Å².